The average Bonchev–Trinajstić information content (AvgIpc) is 2.78. The van der Waals surface area contributed by atoms with Gasteiger partial charge in [0, 0.05) is 29.8 Å². The number of hydrogen-bond acceptors (Lipinski definition) is 4. The van der Waals surface area contributed by atoms with Crippen LogP contribution in [-0.4, -0.2) is 32.1 Å². The Morgan fingerprint density at radius 2 is 1.50 bits per heavy atom. The summed E-state index contributed by atoms with van der Waals surface area (Å²) in [4.78, 5) is 15.8. The predicted molar refractivity (Wildman–Crippen MR) is 123 cm³/mol. The Labute approximate surface area is 182 Å². The Kier molecular flexibility index (Phi) is 7.41. The van der Waals surface area contributed by atoms with Gasteiger partial charge in [0.05, 0.1) is 14.2 Å². The predicted octanol–water partition coefficient (Wildman–Crippen LogP) is 5.58. The summed E-state index contributed by atoms with van der Waals surface area (Å²) in [5.41, 5.74) is 4.12. The number of methoxy groups -OCH3 is 2. The molecular weight excluding hydrogens is 394 g/mol. The minimum absolute atomic E-state index is 0.0116. The number of ether oxygens (including phenoxy) is 2. The monoisotopic (exact) mass is 421 g/mol. The lowest BCUT2D eigenvalue weighted by molar-refractivity contribution is 0.0785. The number of nitrogens with zero attached hydrogens (tertiary/aromatic N) is 1. The number of thioether (sulfide) groups is 1. The van der Waals surface area contributed by atoms with Gasteiger partial charge in [0.2, 0.25) is 0 Å². The fourth-order valence-corrected chi connectivity index (χ4v) is 3.94. The maximum atomic E-state index is 12.8. The van der Waals surface area contributed by atoms with E-state index in [0.29, 0.717) is 23.6 Å². The fourth-order valence-electron chi connectivity index (χ4n) is 3.09. The van der Waals surface area contributed by atoms with E-state index in [1.165, 1.54) is 16.0 Å². The second-order valence-electron chi connectivity index (χ2n) is 7.15. The lowest BCUT2D eigenvalue weighted by Gasteiger charge is -2.18. The van der Waals surface area contributed by atoms with Crippen molar-refractivity contribution in [2.45, 2.75) is 24.1 Å². The first kappa shape index (κ1) is 21.8. The number of benzene rings is 3. The maximum absolute atomic E-state index is 12.8. The van der Waals surface area contributed by atoms with Gasteiger partial charge >= 0.3 is 0 Å². The standard InChI is InChI=1S/C25H27NO3S/c1-18-5-12-22(13-6-18)30-17-19-7-10-21(11-8-19)25(27)26(2)16-20-9-14-23(28-3)24(15-20)29-4/h5-15H,16-17H2,1-4H3. The third-order valence-corrected chi connectivity index (χ3v) is 5.92. The topological polar surface area (TPSA) is 38.8 Å². The summed E-state index contributed by atoms with van der Waals surface area (Å²) in [6, 6.07) is 22.1. The molecule has 0 aliphatic carbocycles. The van der Waals surface area contributed by atoms with Crippen molar-refractivity contribution in [3.63, 3.8) is 0 Å². The van der Waals surface area contributed by atoms with E-state index in [4.69, 9.17) is 9.47 Å². The summed E-state index contributed by atoms with van der Waals surface area (Å²) in [6.07, 6.45) is 0. The number of amides is 1. The van der Waals surface area contributed by atoms with Gasteiger partial charge in [-0.2, -0.15) is 0 Å². The van der Waals surface area contributed by atoms with Crippen molar-refractivity contribution in [3.8, 4) is 11.5 Å². The van der Waals surface area contributed by atoms with E-state index in [9.17, 15) is 4.79 Å². The Hall–Kier alpha value is -2.92. The van der Waals surface area contributed by atoms with Crippen molar-refractivity contribution in [1.82, 2.24) is 4.90 Å². The molecule has 0 fully saturated rings. The molecule has 0 aliphatic rings. The molecule has 156 valence electrons. The number of carbonyl (C=O) groups is 1. The number of carbonyl (C=O) groups excluding carboxylic acids is 1. The lowest BCUT2D eigenvalue weighted by atomic mass is 10.1. The van der Waals surface area contributed by atoms with Gasteiger partial charge in [-0.15, -0.1) is 11.8 Å². The van der Waals surface area contributed by atoms with Crippen LogP contribution in [0.3, 0.4) is 0 Å². The van der Waals surface area contributed by atoms with Gasteiger partial charge in [-0.1, -0.05) is 35.9 Å². The minimum Gasteiger partial charge on any atom is -0.493 e. The summed E-state index contributed by atoms with van der Waals surface area (Å²) in [6.45, 7) is 2.58. The van der Waals surface area contributed by atoms with Crippen LogP contribution in [-0.2, 0) is 12.3 Å². The molecule has 0 unspecified atom stereocenters. The molecule has 30 heavy (non-hydrogen) atoms. The van der Waals surface area contributed by atoms with Gasteiger partial charge in [0.15, 0.2) is 11.5 Å². The molecule has 0 aromatic heterocycles. The van der Waals surface area contributed by atoms with E-state index in [0.717, 1.165) is 11.3 Å². The van der Waals surface area contributed by atoms with Gasteiger partial charge in [-0.05, 0) is 54.4 Å². The summed E-state index contributed by atoms with van der Waals surface area (Å²) in [7, 11) is 5.02. The Bertz CT molecular complexity index is 984. The quantitative estimate of drug-likeness (QED) is 0.445. The zero-order valence-electron chi connectivity index (χ0n) is 17.8. The Morgan fingerprint density at radius 3 is 2.13 bits per heavy atom. The molecule has 0 radical (unpaired) electrons. The van der Waals surface area contributed by atoms with Crippen LogP contribution in [0, 0.1) is 6.92 Å². The van der Waals surface area contributed by atoms with Gasteiger partial charge < -0.3 is 14.4 Å². The highest BCUT2D eigenvalue weighted by atomic mass is 32.2. The maximum Gasteiger partial charge on any atom is 0.253 e. The van der Waals surface area contributed by atoms with Gasteiger partial charge in [-0.25, -0.2) is 0 Å². The van der Waals surface area contributed by atoms with Crippen LogP contribution < -0.4 is 9.47 Å². The van der Waals surface area contributed by atoms with E-state index < -0.39 is 0 Å². The molecule has 0 spiro atoms. The largest absolute Gasteiger partial charge is 0.493 e. The molecule has 0 bridgehead atoms. The van der Waals surface area contributed by atoms with Crippen LogP contribution in [0.2, 0.25) is 0 Å². The second-order valence-corrected chi connectivity index (χ2v) is 8.20. The summed E-state index contributed by atoms with van der Waals surface area (Å²) in [5.74, 6) is 2.20. The van der Waals surface area contributed by atoms with Gasteiger partial charge in [-0.3, -0.25) is 4.79 Å². The van der Waals surface area contributed by atoms with Crippen LogP contribution in [0.1, 0.15) is 27.0 Å². The van der Waals surface area contributed by atoms with Gasteiger partial charge in [0.25, 0.3) is 5.91 Å². The molecule has 0 N–H and O–H groups in total. The molecule has 4 nitrogen and oxygen atoms in total. The molecule has 0 aliphatic heterocycles. The molecule has 3 aromatic rings. The molecule has 1 amide bonds. The van der Waals surface area contributed by atoms with E-state index in [-0.39, 0.29) is 5.91 Å². The van der Waals surface area contributed by atoms with Crippen molar-refractivity contribution in [2.24, 2.45) is 0 Å². The highest BCUT2D eigenvalue weighted by molar-refractivity contribution is 7.98. The van der Waals surface area contributed by atoms with Crippen LogP contribution >= 0.6 is 11.8 Å². The summed E-state index contributed by atoms with van der Waals surface area (Å²) < 4.78 is 10.6. The van der Waals surface area contributed by atoms with Crippen LogP contribution in [0.4, 0.5) is 0 Å². The molecule has 0 saturated carbocycles. The van der Waals surface area contributed by atoms with Crippen molar-refractivity contribution < 1.29 is 14.3 Å². The molecule has 0 atom stereocenters. The van der Waals surface area contributed by atoms with Crippen LogP contribution in [0.15, 0.2) is 71.6 Å². The fraction of sp³-hybridized carbons (Fsp3) is 0.240. The van der Waals surface area contributed by atoms with E-state index in [1.807, 2.05) is 42.5 Å². The third-order valence-electron chi connectivity index (χ3n) is 4.84. The first-order valence-corrected chi connectivity index (χ1v) is 10.7. The SMILES string of the molecule is COc1ccc(CN(C)C(=O)c2ccc(CSc3ccc(C)cc3)cc2)cc1OC. The zero-order valence-corrected chi connectivity index (χ0v) is 18.7. The van der Waals surface area contributed by atoms with Crippen molar-refractivity contribution in [3.05, 3.63) is 89.0 Å². The minimum atomic E-state index is -0.0116. The van der Waals surface area contributed by atoms with E-state index in [2.05, 4.69) is 31.2 Å². The summed E-state index contributed by atoms with van der Waals surface area (Å²) in [5, 5.41) is 0. The molecule has 0 saturated heterocycles. The average molecular weight is 422 g/mol. The molecule has 5 heteroatoms. The normalized spacial score (nSPS) is 10.5. The lowest BCUT2D eigenvalue weighted by Crippen LogP contribution is -2.26. The highest BCUT2D eigenvalue weighted by Gasteiger charge is 2.13. The van der Waals surface area contributed by atoms with Gasteiger partial charge in [0.1, 0.15) is 0 Å². The zero-order chi connectivity index (χ0) is 21.5. The molecule has 3 rings (SSSR count). The Morgan fingerprint density at radius 1 is 0.867 bits per heavy atom. The summed E-state index contributed by atoms with van der Waals surface area (Å²) >= 11 is 1.79. The smallest absolute Gasteiger partial charge is 0.253 e. The van der Waals surface area contributed by atoms with Crippen molar-refractivity contribution >= 4 is 17.7 Å². The molecule has 0 heterocycles. The van der Waals surface area contributed by atoms with Crippen molar-refractivity contribution in [2.75, 3.05) is 21.3 Å². The van der Waals surface area contributed by atoms with Crippen LogP contribution in [0.25, 0.3) is 0 Å². The van der Waals surface area contributed by atoms with E-state index in [1.54, 1.807) is 37.9 Å². The Balaban J connectivity index is 1.60. The first-order chi connectivity index (χ1) is 14.5. The van der Waals surface area contributed by atoms with Crippen molar-refractivity contribution in [1.29, 1.82) is 0 Å². The van der Waals surface area contributed by atoms with Crippen LogP contribution in [0.5, 0.6) is 11.5 Å². The van der Waals surface area contributed by atoms with E-state index >= 15 is 0 Å². The third kappa shape index (κ3) is 5.57. The number of aryl methyl sites for hydroxylation is 1. The highest BCUT2D eigenvalue weighted by Crippen LogP contribution is 2.28. The second kappa shape index (κ2) is 10.2. The first-order valence-electron chi connectivity index (χ1n) is 9.75. The number of hydrogen-bond donors (Lipinski definition) is 0. The molecular formula is C25H27NO3S. The molecule has 3 aromatic carbocycles. The number of rotatable bonds is 8.